The van der Waals surface area contributed by atoms with Gasteiger partial charge in [-0.3, -0.25) is 4.99 Å². The molecule has 1 aromatic carbocycles. The minimum Gasteiger partial charge on any atom is -0.370 e. The molecule has 1 heterocycles. The lowest BCUT2D eigenvalue weighted by molar-refractivity contribution is 0.292. The molecule has 0 bridgehead atoms. The van der Waals surface area contributed by atoms with Gasteiger partial charge in [-0.05, 0) is 44.0 Å². The van der Waals surface area contributed by atoms with Gasteiger partial charge in [0, 0.05) is 18.8 Å². The summed E-state index contributed by atoms with van der Waals surface area (Å²) in [5.41, 5.74) is 6.87. The van der Waals surface area contributed by atoms with Crippen molar-refractivity contribution in [3.63, 3.8) is 0 Å². The first-order valence-corrected chi connectivity index (χ1v) is 7.08. The molecule has 0 amide bonds. The summed E-state index contributed by atoms with van der Waals surface area (Å²) in [5.74, 6) is 1.05. The van der Waals surface area contributed by atoms with E-state index in [-0.39, 0.29) is 0 Å². The Hall–Kier alpha value is -1.55. The molecule has 0 aromatic heterocycles. The topological polar surface area (TPSA) is 53.6 Å². The summed E-state index contributed by atoms with van der Waals surface area (Å²) in [4.78, 5) is 6.93. The number of nitrogens with two attached hydrogens (primary N) is 1. The molecule has 1 fully saturated rings. The van der Waals surface area contributed by atoms with Gasteiger partial charge in [0.1, 0.15) is 0 Å². The number of guanidine groups is 1. The highest BCUT2D eigenvalue weighted by Crippen LogP contribution is 2.10. The maximum atomic E-state index is 5.89. The number of rotatable bonds is 5. The molecule has 4 heteroatoms. The van der Waals surface area contributed by atoms with Crippen molar-refractivity contribution in [1.29, 1.82) is 0 Å². The number of benzene rings is 1. The predicted octanol–water partition coefficient (Wildman–Crippen LogP) is 2.15. The van der Waals surface area contributed by atoms with Crippen LogP contribution in [0.2, 0.25) is 0 Å². The second kappa shape index (κ2) is 7.14. The van der Waals surface area contributed by atoms with Gasteiger partial charge >= 0.3 is 0 Å². The zero-order valence-electron chi connectivity index (χ0n) is 11.7. The van der Waals surface area contributed by atoms with Gasteiger partial charge in [-0.25, -0.2) is 0 Å². The summed E-state index contributed by atoms with van der Waals surface area (Å²) in [5, 5.41) is 3.11. The fraction of sp³-hybridized carbons (Fsp3) is 0.533. The highest BCUT2D eigenvalue weighted by Gasteiger charge is 2.14. The van der Waals surface area contributed by atoms with Crippen molar-refractivity contribution in [3.05, 3.63) is 30.3 Å². The highest BCUT2D eigenvalue weighted by molar-refractivity contribution is 5.92. The summed E-state index contributed by atoms with van der Waals surface area (Å²) < 4.78 is 0. The molecule has 1 atom stereocenters. The van der Waals surface area contributed by atoms with Gasteiger partial charge < -0.3 is 16.0 Å². The first-order valence-electron chi connectivity index (χ1n) is 7.08. The summed E-state index contributed by atoms with van der Waals surface area (Å²) in [6.07, 6.45) is 2.68. The van der Waals surface area contributed by atoms with Gasteiger partial charge in [0.15, 0.2) is 5.96 Å². The molecule has 1 aromatic rings. The van der Waals surface area contributed by atoms with Crippen LogP contribution in [0.25, 0.3) is 0 Å². The number of likely N-dealkylation sites (tertiary alicyclic amines) is 1. The van der Waals surface area contributed by atoms with Crippen LogP contribution in [0, 0.1) is 5.92 Å². The second-order valence-electron chi connectivity index (χ2n) is 5.33. The molecule has 104 valence electrons. The maximum absolute atomic E-state index is 5.89. The van der Waals surface area contributed by atoms with E-state index in [0.29, 0.717) is 11.9 Å². The minimum absolute atomic E-state index is 0.500. The second-order valence-corrected chi connectivity index (χ2v) is 5.33. The maximum Gasteiger partial charge on any atom is 0.193 e. The van der Waals surface area contributed by atoms with E-state index >= 15 is 0 Å². The number of anilines is 1. The van der Waals surface area contributed by atoms with Crippen LogP contribution in [0.1, 0.15) is 19.8 Å². The van der Waals surface area contributed by atoms with Gasteiger partial charge in [0.05, 0.1) is 0 Å². The van der Waals surface area contributed by atoms with Gasteiger partial charge in [0.2, 0.25) is 0 Å². The van der Waals surface area contributed by atoms with Crippen LogP contribution in [0.4, 0.5) is 5.69 Å². The van der Waals surface area contributed by atoms with Crippen molar-refractivity contribution in [2.75, 3.05) is 31.5 Å². The number of nitrogens with one attached hydrogen (secondary N) is 1. The summed E-state index contributed by atoms with van der Waals surface area (Å²) >= 11 is 0. The molecule has 0 spiro atoms. The Morgan fingerprint density at radius 2 is 2.00 bits per heavy atom. The quantitative estimate of drug-likeness (QED) is 0.630. The van der Waals surface area contributed by atoms with Crippen LogP contribution in [-0.4, -0.2) is 37.0 Å². The minimum atomic E-state index is 0.500. The van der Waals surface area contributed by atoms with Gasteiger partial charge in [-0.2, -0.15) is 0 Å². The Morgan fingerprint density at radius 3 is 2.68 bits per heavy atom. The lowest BCUT2D eigenvalue weighted by Gasteiger charge is -2.18. The third-order valence-corrected chi connectivity index (χ3v) is 3.39. The zero-order valence-corrected chi connectivity index (χ0v) is 11.7. The Bertz CT molecular complexity index is 396. The van der Waals surface area contributed by atoms with Crippen molar-refractivity contribution in [2.45, 2.75) is 19.8 Å². The lowest BCUT2D eigenvalue weighted by Crippen LogP contribution is -2.28. The molecular formula is C15H24N4. The predicted molar refractivity (Wildman–Crippen MR) is 81.4 cm³/mol. The Balaban J connectivity index is 1.74. The zero-order chi connectivity index (χ0) is 13.5. The third kappa shape index (κ3) is 4.91. The normalized spacial score (nSPS) is 18.5. The van der Waals surface area contributed by atoms with E-state index in [9.17, 15) is 0 Å². The van der Waals surface area contributed by atoms with E-state index in [1.54, 1.807) is 0 Å². The number of hydrogen-bond donors (Lipinski definition) is 2. The van der Waals surface area contributed by atoms with Crippen molar-refractivity contribution < 1.29 is 0 Å². The Labute approximate surface area is 115 Å². The van der Waals surface area contributed by atoms with Crippen LogP contribution in [-0.2, 0) is 0 Å². The van der Waals surface area contributed by atoms with E-state index in [1.807, 2.05) is 30.3 Å². The first kappa shape index (κ1) is 13.9. The van der Waals surface area contributed by atoms with E-state index in [0.717, 1.165) is 18.8 Å². The van der Waals surface area contributed by atoms with Crippen molar-refractivity contribution in [1.82, 2.24) is 4.90 Å². The molecule has 0 radical (unpaired) electrons. The SMILES string of the molecule is CC(CN=C(N)Nc1ccccc1)CN1CCCC1. The molecule has 0 saturated carbocycles. The lowest BCUT2D eigenvalue weighted by atomic mass is 10.2. The average Bonchev–Trinajstić information content (AvgIpc) is 2.90. The molecule has 0 aliphatic carbocycles. The first-order chi connectivity index (χ1) is 9.24. The largest absolute Gasteiger partial charge is 0.370 e. The standard InChI is InChI=1S/C15H24N4/c1-13(12-19-9-5-6-10-19)11-17-15(16)18-14-7-3-2-4-8-14/h2-4,7-8,13H,5-6,9-12H2,1H3,(H3,16,17,18). The Morgan fingerprint density at radius 1 is 1.32 bits per heavy atom. The van der Waals surface area contributed by atoms with Crippen LogP contribution in [0.3, 0.4) is 0 Å². The monoisotopic (exact) mass is 260 g/mol. The van der Waals surface area contributed by atoms with Crippen LogP contribution in [0.15, 0.2) is 35.3 Å². The molecule has 1 unspecified atom stereocenters. The smallest absolute Gasteiger partial charge is 0.193 e. The number of aliphatic imine (C=N–C) groups is 1. The van der Waals surface area contributed by atoms with E-state index in [1.165, 1.54) is 25.9 Å². The fourth-order valence-electron chi connectivity index (χ4n) is 2.43. The molecule has 4 nitrogen and oxygen atoms in total. The van der Waals surface area contributed by atoms with E-state index in [4.69, 9.17) is 5.73 Å². The summed E-state index contributed by atoms with van der Waals surface area (Å²) in [6.45, 7) is 6.62. The van der Waals surface area contributed by atoms with E-state index < -0.39 is 0 Å². The van der Waals surface area contributed by atoms with Crippen LogP contribution >= 0.6 is 0 Å². The van der Waals surface area contributed by atoms with Crippen LogP contribution < -0.4 is 11.1 Å². The molecular weight excluding hydrogens is 236 g/mol. The Kier molecular flexibility index (Phi) is 5.21. The summed E-state index contributed by atoms with van der Waals surface area (Å²) in [7, 11) is 0. The van der Waals surface area contributed by atoms with Gasteiger partial charge in [-0.1, -0.05) is 25.1 Å². The molecule has 1 aliphatic heterocycles. The van der Waals surface area contributed by atoms with Crippen LogP contribution in [0.5, 0.6) is 0 Å². The molecule has 3 N–H and O–H groups in total. The fourth-order valence-corrected chi connectivity index (χ4v) is 2.43. The number of para-hydroxylation sites is 1. The molecule has 19 heavy (non-hydrogen) atoms. The van der Waals surface area contributed by atoms with Gasteiger partial charge in [0.25, 0.3) is 0 Å². The van der Waals surface area contributed by atoms with Crippen molar-refractivity contribution in [2.24, 2.45) is 16.6 Å². The molecule has 1 aliphatic rings. The number of nitrogens with zero attached hydrogens (tertiary/aromatic N) is 2. The van der Waals surface area contributed by atoms with Gasteiger partial charge in [-0.15, -0.1) is 0 Å². The number of hydrogen-bond acceptors (Lipinski definition) is 2. The third-order valence-electron chi connectivity index (χ3n) is 3.39. The molecule has 2 rings (SSSR count). The molecule has 1 saturated heterocycles. The summed E-state index contributed by atoms with van der Waals surface area (Å²) in [6, 6.07) is 9.90. The average molecular weight is 260 g/mol. The highest BCUT2D eigenvalue weighted by atomic mass is 15.1. The van der Waals surface area contributed by atoms with Crippen molar-refractivity contribution >= 4 is 11.6 Å². The van der Waals surface area contributed by atoms with Crippen molar-refractivity contribution in [3.8, 4) is 0 Å². The van der Waals surface area contributed by atoms with E-state index in [2.05, 4.69) is 22.1 Å².